The molecule has 0 saturated carbocycles. The Morgan fingerprint density at radius 1 is 1.07 bits per heavy atom. The Labute approximate surface area is 254 Å². The first-order valence-corrected chi connectivity index (χ1v) is 14.5. The largest absolute Gasteiger partial charge is 0.480 e. The number of carbonyl (C=O) groups excluding carboxylic acids is 2. The highest BCUT2D eigenvalue weighted by Crippen LogP contribution is 2.32. The summed E-state index contributed by atoms with van der Waals surface area (Å²) in [6.07, 6.45) is 1.78. The molecule has 2 heterocycles. The molecular formula is C30H38N8O4S. The van der Waals surface area contributed by atoms with Crippen molar-refractivity contribution in [3.8, 4) is 0 Å². The number of rotatable bonds is 13. The number of carboxylic acids is 1. The first kappa shape index (κ1) is 32.9. The van der Waals surface area contributed by atoms with E-state index in [0.717, 1.165) is 16.2 Å². The molecule has 7 N–H and O–H groups in total. The zero-order valence-corrected chi connectivity index (χ0v) is 25.6. The Morgan fingerprint density at radius 2 is 1.77 bits per heavy atom. The Bertz CT molecular complexity index is 1510. The molecule has 13 heteroatoms. The Hall–Kier alpha value is -4.65. The molecular weight excluding hydrogens is 568 g/mol. The molecule has 228 valence electrons. The van der Waals surface area contributed by atoms with Crippen LogP contribution in [0.1, 0.15) is 77.4 Å². The summed E-state index contributed by atoms with van der Waals surface area (Å²) in [5.41, 5.74) is 13.8. The molecule has 2 amide bonds. The maximum absolute atomic E-state index is 12.8. The van der Waals surface area contributed by atoms with Gasteiger partial charge in [-0.25, -0.2) is 9.79 Å². The van der Waals surface area contributed by atoms with Crippen LogP contribution < -0.4 is 22.1 Å². The summed E-state index contributed by atoms with van der Waals surface area (Å²) in [6, 6.07) is 9.57. The van der Waals surface area contributed by atoms with Crippen LogP contribution in [0.2, 0.25) is 0 Å². The van der Waals surface area contributed by atoms with Crippen LogP contribution in [-0.2, 0) is 16.6 Å². The lowest BCUT2D eigenvalue weighted by Crippen LogP contribution is -2.41. The van der Waals surface area contributed by atoms with Gasteiger partial charge in [-0.1, -0.05) is 32.9 Å². The molecule has 0 spiro atoms. The number of nitrogen functional groups attached to an aromatic ring is 2. The molecule has 2 aromatic heterocycles. The van der Waals surface area contributed by atoms with E-state index in [1.54, 1.807) is 30.3 Å². The monoisotopic (exact) mass is 606 g/mol. The summed E-state index contributed by atoms with van der Waals surface area (Å²) in [6.45, 7) is 11.9. The van der Waals surface area contributed by atoms with Crippen LogP contribution in [0.25, 0.3) is 0 Å². The van der Waals surface area contributed by atoms with Crippen LogP contribution >= 0.6 is 11.3 Å². The number of nitrogens with two attached hydrogens (primary N) is 2. The summed E-state index contributed by atoms with van der Waals surface area (Å²) >= 11 is 1.44. The van der Waals surface area contributed by atoms with Crippen molar-refractivity contribution < 1.29 is 19.5 Å². The van der Waals surface area contributed by atoms with Crippen LogP contribution in [0.4, 0.5) is 23.3 Å². The van der Waals surface area contributed by atoms with Gasteiger partial charge in [-0.05, 0) is 74.6 Å². The second-order valence-corrected chi connectivity index (χ2v) is 12.1. The van der Waals surface area contributed by atoms with Gasteiger partial charge in [-0.2, -0.15) is 9.97 Å². The molecule has 0 unspecified atom stereocenters. The van der Waals surface area contributed by atoms with Gasteiger partial charge in [-0.15, -0.1) is 11.3 Å². The number of carbonyl (C=O) groups is 3. The van der Waals surface area contributed by atoms with Gasteiger partial charge >= 0.3 is 5.97 Å². The lowest BCUT2D eigenvalue weighted by Gasteiger charge is -2.15. The molecule has 0 aliphatic rings. The quantitative estimate of drug-likeness (QED) is 0.139. The lowest BCUT2D eigenvalue weighted by atomic mass is 9.95. The van der Waals surface area contributed by atoms with E-state index in [4.69, 9.17) is 11.5 Å². The molecule has 0 aliphatic heterocycles. The maximum atomic E-state index is 12.8. The van der Waals surface area contributed by atoms with E-state index in [0.29, 0.717) is 41.9 Å². The van der Waals surface area contributed by atoms with Gasteiger partial charge < -0.3 is 27.2 Å². The Morgan fingerprint density at radius 3 is 2.37 bits per heavy atom. The molecule has 0 fully saturated rings. The molecule has 3 aromatic rings. The topological polar surface area (TPSA) is 198 Å². The van der Waals surface area contributed by atoms with Crippen molar-refractivity contribution in [2.45, 2.75) is 64.8 Å². The third-order valence-corrected chi connectivity index (χ3v) is 7.99. The van der Waals surface area contributed by atoms with E-state index in [-0.39, 0.29) is 35.3 Å². The molecule has 3 rings (SSSR count). The minimum absolute atomic E-state index is 0.0108. The third-order valence-electron chi connectivity index (χ3n) is 6.48. The minimum atomic E-state index is -1.14. The van der Waals surface area contributed by atoms with Crippen molar-refractivity contribution in [2.75, 3.05) is 18.0 Å². The number of aromatic nitrogens is 2. The fourth-order valence-electron chi connectivity index (χ4n) is 4.05. The number of nitrogens with zero attached hydrogens (tertiary/aromatic N) is 4. The molecule has 0 saturated heterocycles. The molecule has 0 aliphatic carbocycles. The number of aliphatic imine (C=N–C) groups is 2. The predicted molar refractivity (Wildman–Crippen MR) is 171 cm³/mol. The highest BCUT2D eigenvalue weighted by Gasteiger charge is 2.21. The van der Waals surface area contributed by atoms with Crippen LogP contribution in [0.5, 0.6) is 0 Å². The zero-order valence-electron chi connectivity index (χ0n) is 24.8. The lowest BCUT2D eigenvalue weighted by molar-refractivity contribution is -0.139. The first-order valence-electron chi connectivity index (χ1n) is 13.7. The number of benzene rings is 1. The van der Waals surface area contributed by atoms with Crippen molar-refractivity contribution in [3.05, 3.63) is 57.3 Å². The van der Waals surface area contributed by atoms with E-state index in [1.807, 2.05) is 13.0 Å². The summed E-state index contributed by atoms with van der Waals surface area (Å²) in [4.78, 5) is 54.9. The fraction of sp³-hybridized carbons (Fsp3) is 0.367. The van der Waals surface area contributed by atoms with E-state index in [9.17, 15) is 19.5 Å². The SMILES string of the molecule is C=Nc1nc(N)nc(N)c1/N=C(\C)CCc1ccc(C(=O)N[C@@H](CCCNC(=O)c2ccc(C(C)(C)C)s2)C(=O)O)cc1. The van der Waals surface area contributed by atoms with E-state index < -0.39 is 17.9 Å². The number of carboxylic acid groups (broad SMARTS) is 1. The number of amides is 2. The van der Waals surface area contributed by atoms with Gasteiger partial charge in [-0.3, -0.25) is 14.6 Å². The highest BCUT2D eigenvalue weighted by atomic mass is 32.1. The number of thiophene rings is 1. The average molecular weight is 607 g/mol. The summed E-state index contributed by atoms with van der Waals surface area (Å²) < 4.78 is 0. The van der Waals surface area contributed by atoms with Gasteiger partial charge in [0.1, 0.15) is 11.7 Å². The Kier molecular flexibility index (Phi) is 11.1. The molecule has 1 aromatic carbocycles. The van der Waals surface area contributed by atoms with Gasteiger partial charge in [0.25, 0.3) is 11.8 Å². The van der Waals surface area contributed by atoms with Crippen molar-refractivity contribution in [1.29, 1.82) is 0 Å². The zero-order chi connectivity index (χ0) is 31.7. The molecule has 12 nitrogen and oxygen atoms in total. The van der Waals surface area contributed by atoms with Crippen molar-refractivity contribution in [3.63, 3.8) is 0 Å². The molecule has 1 atom stereocenters. The number of aryl methyl sites for hydroxylation is 1. The average Bonchev–Trinajstić information content (AvgIpc) is 3.46. The van der Waals surface area contributed by atoms with Gasteiger partial charge in [0.15, 0.2) is 11.6 Å². The Balaban J connectivity index is 1.49. The van der Waals surface area contributed by atoms with Crippen molar-refractivity contribution in [2.24, 2.45) is 9.98 Å². The molecule has 0 bridgehead atoms. The van der Waals surface area contributed by atoms with Crippen LogP contribution in [0, 0.1) is 0 Å². The first-order chi connectivity index (χ1) is 20.3. The van der Waals surface area contributed by atoms with Crippen LogP contribution in [-0.4, -0.2) is 57.9 Å². The van der Waals surface area contributed by atoms with Gasteiger partial charge in [0, 0.05) is 22.7 Å². The van der Waals surface area contributed by atoms with Crippen molar-refractivity contribution >= 4 is 64.8 Å². The van der Waals surface area contributed by atoms with E-state index >= 15 is 0 Å². The number of hydrogen-bond acceptors (Lipinski definition) is 10. The minimum Gasteiger partial charge on any atom is -0.480 e. The number of nitrogens with one attached hydrogen (secondary N) is 2. The third kappa shape index (κ3) is 9.43. The number of aliphatic carboxylic acids is 1. The molecule has 43 heavy (non-hydrogen) atoms. The van der Waals surface area contributed by atoms with Crippen molar-refractivity contribution in [1.82, 2.24) is 20.6 Å². The predicted octanol–water partition coefficient (Wildman–Crippen LogP) is 4.45. The molecule has 0 radical (unpaired) electrons. The maximum Gasteiger partial charge on any atom is 0.326 e. The second kappa shape index (κ2) is 14.5. The van der Waals surface area contributed by atoms with E-state index in [1.165, 1.54) is 11.3 Å². The van der Waals surface area contributed by atoms with Crippen LogP contribution in [0.15, 0.2) is 46.4 Å². The van der Waals surface area contributed by atoms with Gasteiger partial charge in [0.2, 0.25) is 5.95 Å². The van der Waals surface area contributed by atoms with Crippen LogP contribution in [0.3, 0.4) is 0 Å². The smallest absolute Gasteiger partial charge is 0.326 e. The fourth-order valence-corrected chi connectivity index (χ4v) is 5.03. The number of hydrogen-bond donors (Lipinski definition) is 5. The highest BCUT2D eigenvalue weighted by molar-refractivity contribution is 7.14. The summed E-state index contributed by atoms with van der Waals surface area (Å²) in [5, 5.41) is 15.0. The summed E-state index contributed by atoms with van der Waals surface area (Å²) in [5.74, 6) is -1.51. The summed E-state index contributed by atoms with van der Waals surface area (Å²) in [7, 11) is 0. The van der Waals surface area contributed by atoms with Gasteiger partial charge in [0.05, 0.1) is 4.88 Å². The second-order valence-electron chi connectivity index (χ2n) is 11.0. The van der Waals surface area contributed by atoms with E-state index in [2.05, 4.69) is 58.1 Å². The normalized spacial score (nSPS) is 12.4. The standard InChI is InChI=1S/C30H38N8O4S/c1-17(35-23-24(31)37-29(32)38-25(23)33-5)8-9-18-10-12-19(13-11-18)26(39)36-20(28(41)42)7-6-16-34-27(40)21-14-15-22(43-21)30(2,3)4/h10-15,20H,5-9,16H2,1-4H3,(H,34,40)(H,36,39)(H,41,42)(H4,31,32,37,38)/b35-17+/t20-/m0/s1. The number of anilines is 2.